The number of nitrogens with one attached hydrogen (secondary N) is 1. The van der Waals surface area contributed by atoms with Gasteiger partial charge in [-0.25, -0.2) is 4.79 Å². The first-order valence-corrected chi connectivity index (χ1v) is 8.79. The molecule has 1 aliphatic heterocycles. The van der Waals surface area contributed by atoms with Crippen LogP contribution in [0.2, 0.25) is 0 Å². The zero-order valence-electron chi connectivity index (χ0n) is 15.4. The summed E-state index contributed by atoms with van der Waals surface area (Å²) in [5.41, 5.74) is 0.947. The number of rotatable bonds is 8. The van der Waals surface area contributed by atoms with Gasteiger partial charge < -0.3 is 20.1 Å². The van der Waals surface area contributed by atoms with E-state index in [1.807, 2.05) is 31.2 Å². The lowest BCUT2D eigenvalue weighted by Crippen LogP contribution is -2.47. The highest BCUT2D eigenvalue weighted by atomic mass is 16.5. The minimum absolute atomic E-state index is 0.101. The summed E-state index contributed by atoms with van der Waals surface area (Å²) in [6, 6.07) is 6.47. The number of carboxylic acid groups (broad SMARTS) is 1. The van der Waals surface area contributed by atoms with E-state index in [0.717, 1.165) is 11.3 Å². The molecule has 2 amide bonds. The number of carbonyl (C=O) groups is 3. The highest BCUT2D eigenvalue weighted by molar-refractivity contribution is 5.91. The minimum atomic E-state index is -1.05. The monoisotopic (exact) mass is 362 g/mol. The van der Waals surface area contributed by atoms with E-state index in [4.69, 9.17) is 4.74 Å². The summed E-state index contributed by atoms with van der Waals surface area (Å²) in [6.45, 7) is 4.38. The minimum Gasteiger partial charge on any atom is -0.497 e. The number of ether oxygens (including phenoxy) is 1. The van der Waals surface area contributed by atoms with Crippen LogP contribution in [0.1, 0.15) is 32.3 Å². The van der Waals surface area contributed by atoms with Gasteiger partial charge in [-0.15, -0.1) is 0 Å². The Morgan fingerprint density at radius 1 is 1.35 bits per heavy atom. The predicted molar refractivity (Wildman–Crippen MR) is 95.5 cm³/mol. The van der Waals surface area contributed by atoms with Crippen molar-refractivity contribution in [2.45, 2.75) is 39.3 Å². The van der Waals surface area contributed by atoms with Crippen LogP contribution in [0, 0.1) is 11.8 Å². The van der Waals surface area contributed by atoms with Gasteiger partial charge in [-0.05, 0) is 23.6 Å². The summed E-state index contributed by atoms with van der Waals surface area (Å²) >= 11 is 0. The van der Waals surface area contributed by atoms with Gasteiger partial charge in [-0.3, -0.25) is 9.59 Å². The average Bonchev–Trinajstić information content (AvgIpc) is 3.00. The molecule has 1 aromatic carbocycles. The first-order valence-electron chi connectivity index (χ1n) is 8.79. The third-order valence-corrected chi connectivity index (χ3v) is 4.89. The van der Waals surface area contributed by atoms with E-state index in [1.165, 1.54) is 0 Å². The Labute approximate surface area is 153 Å². The van der Waals surface area contributed by atoms with E-state index in [-0.39, 0.29) is 24.2 Å². The van der Waals surface area contributed by atoms with Crippen molar-refractivity contribution in [3.63, 3.8) is 0 Å². The van der Waals surface area contributed by atoms with E-state index in [2.05, 4.69) is 5.32 Å². The van der Waals surface area contributed by atoms with E-state index in [9.17, 15) is 19.5 Å². The Morgan fingerprint density at radius 3 is 2.54 bits per heavy atom. The molecule has 0 aromatic heterocycles. The summed E-state index contributed by atoms with van der Waals surface area (Å²) in [6.07, 6.45) is 0.749. The molecule has 1 aromatic rings. The maximum absolute atomic E-state index is 12.4. The highest BCUT2D eigenvalue weighted by Crippen LogP contribution is 2.22. The Morgan fingerprint density at radius 2 is 2.00 bits per heavy atom. The third-order valence-electron chi connectivity index (χ3n) is 4.89. The lowest BCUT2D eigenvalue weighted by Gasteiger charge is -2.22. The molecule has 1 saturated heterocycles. The van der Waals surface area contributed by atoms with Gasteiger partial charge in [0.15, 0.2) is 0 Å². The van der Waals surface area contributed by atoms with E-state index < -0.39 is 17.9 Å². The lowest BCUT2D eigenvalue weighted by molar-refractivity contribution is -0.143. The zero-order valence-corrected chi connectivity index (χ0v) is 15.4. The van der Waals surface area contributed by atoms with Crippen LogP contribution >= 0.6 is 0 Å². The molecule has 3 unspecified atom stereocenters. The number of carboxylic acids is 1. The smallest absolute Gasteiger partial charge is 0.326 e. The Balaban J connectivity index is 1.96. The van der Waals surface area contributed by atoms with Gasteiger partial charge in [0, 0.05) is 19.5 Å². The number of amides is 2. The van der Waals surface area contributed by atoms with Crippen molar-refractivity contribution >= 4 is 17.8 Å². The quantitative estimate of drug-likeness (QED) is 0.733. The fourth-order valence-corrected chi connectivity index (χ4v) is 3.01. The fourth-order valence-electron chi connectivity index (χ4n) is 3.01. The van der Waals surface area contributed by atoms with E-state index >= 15 is 0 Å². The highest BCUT2D eigenvalue weighted by Gasteiger charge is 2.36. The van der Waals surface area contributed by atoms with Crippen molar-refractivity contribution in [1.82, 2.24) is 10.2 Å². The molecule has 0 saturated carbocycles. The molecule has 0 bridgehead atoms. The molecule has 1 heterocycles. The summed E-state index contributed by atoms with van der Waals surface area (Å²) in [5, 5.41) is 11.9. The summed E-state index contributed by atoms with van der Waals surface area (Å²) in [4.78, 5) is 37.7. The summed E-state index contributed by atoms with van der Waals surface area (Å²) in [5.74, 6) is -1.48. The number of hydrogen-bond acceptors (Lipinski definition) is 4. The average molecular weight is 362 g/mol. The van der Waals surface area contributed by atoms with Gasteiger partial charge in [0.05, 0.1) is 13.0 Å². The van der Waals surface area contributed by atoms with Gasteiger partial charge >= 0.3 is 5.97 Å². The van der Waals surface area contributed by atoms with Gasteiger partial charge in [0.2, 0.25) is 11.8 Å². The van der Waals surface area contributed by atoms with Crippen LogP contribution in [-0.2, 0) is 20.9 Å². The molecule has 7 nitrogen and oxygen atoms in total. The number of likely N-dealkylation sites (tertiary alicyclic amines) is 1. The second-order valence-electron chi connectivity index (χ2n) is 6.73. The van der Waals surface area contributed by atoms with Crippen LogP contribution in [0.5, 0.6) is 5.75 Å². The number of benzene rings is 1. The van der Waals surface area contributed by atoms with Crippen molar-refractivity contribution < 1.29 is 24.2 Å². The van der Waals surface area contributed by atoms with Crippen molar-refractivity contribution in [3.8, 4) is 5.75 Å². The van der Waals surface area contributed by atoms with Gasteiger partial charge in [0.1, 0.15) is 11.8 Å². The molecule has 142 valence electrons. The maximum atomic E-state index is 12.4. The molecule has 0 aliphatic carbocycles. The molecule has 1 fully saturated rings. The maximum Gasteiger partial charge on any atom is 0.326 e. The van der Waals surface area contributed by atoms with Crippen LogP contribution in [-0.4, -0.2) is 47.5 Å². The van der Waals surface area contributed by atoms with Crippen molar-refractivity contribution in [3.05, 3.63) is 29.8 Å². The van der Waals surface area contributed by atoms with E-state index in [1.54, 1.807) is 18.9 Å². The number of hydrogen-bond donors (Lipinski definition) is 2. The van der Waals surface area contributed by atoms with Crippen LogP contribution < -0.4 is 10.1 Å². The molecule has 2 rings (SSSR count). The van der Waals surface area contributed by atoms with Gasteiger partial charge in [-0.1, -0.05) is 32.4 Å². The topological polar surface area (TPSA) is 95.9 Å². The first kappa shape index (κ1) is 19.8. The zero-order chi connectivity index (χ0) is 19.3. The number of carbonyl (C=O) groups excluding carboxylic acids is 2. The molecule has 2 N–H and O–H groups in total. The van der Waals surface area contributed by atoms with Crippen molar-refractivity contribution in [1.29, 1.82) is 0 Å². The normalized spacial score (nSPS) is 19.1. The van der Waals surface area contributed by atoms with Gasteiger partial charge in [-0.2, -0.15) is 0 Å². The molecule has 3 atom stereocenters. The number of aliphatic carboxylic acids is 1. The van der Waals surface area contributed by atoms with Crippen molar-refractivity contribution in [2.24, 2.45) is 11.8 Å². The van der Waals surface area contributed by atoms with Gasteiger partial charge in [0.25, 0.3) is 0 Å². The second-order valence-corrected chi connectivity index (χ2v) is 6.73. The molecular formula is C19H26N2O5. The van der Waals surface area contributed by atoms with Crippen LogP contribution in [0.25, 0.3) is 0 Å². The Bertz CT molecular complexity index is 658. The van der Waals surface area contributed by atoms with Crippen LogP contribution in [0.3, 0.4) is 0 Å². The summed E-state index contributed by atoms with van der Waals surface area (Å²) < 4.78 is 5.11. The Kier molecular flexibility index (Phi) is 6.60. The van der Waals surface area contributed by atoms with E-state index in [0.29, 0.717) is 19.5 Å². The second kappa shape index (κ2) is 8.69. The largest absolute Gasteiger partial charge is 0.497 e. The first-order chi connectivity index (χ1) is 12.3. The number of nitrogens with zero attached hydrogens (tertiary/aromatic N) is 1. The lowest BCUT2D eigenvalue weighted by atomic mass is 9.98. The number of methoxy groups -OCH3 is 1. The molecule has 0 spiro atoms. The molecular weight excluding hydrogens is 336 g/mol. The Hall–Kier alpha value is -2.57. The SMILES string of the molecule is CCC(C)C(NC(=O)C1CC(=O)N(Cc2ccc(OC)cc2)C1)C(=O)O. The van der Waals surface area contributed by atoms with Crippen molar-refractivity contribution in [2.75, 3.05) is 13.7 Å². The molecule has 26 heavy (non-hydrogen) atoms. The molecule has 1 aliphatic rings. The summed E-state index contributed by atoms with van der Waals surface area (Å²) in [7, 11) is 1.59. The molecule has 0 radical (unpaired) electrons. The standard InChI is InChI=1S/C19H26N2O5/c1-4-12(2)17(19(24)25)20-18(23)14-9-16(22)21(11-14)10-13-5-7-15(26-3)8-6-13/h5-8,12,14,17H,4,9-11H2,1-3H3,(H,20,23)(H,24,25). The predicted octanol–water partition coefficient (Wildman–Crippen LogP) is 1.66. The fraction of sp³-hybridized carbons (Fsp3) is 0.526. The van der Waals surface area contributed by atoms with Crippen LogP contribution in [0.15, 0.2) is 24.3 Å². The third kappa shape index (κ3) is 4.74. The van der Waals surface area contributed by atoms with Crippen LogP contribution in [0.4, 0.5) is 0 Å². The molecule has 7 heteroatoms.